The summed E-state index contributed by atoms with van der Waals surface area (Å²) in [5.41, 5.74) is 7.21. The van der Waals surface area contributed by atoms with E-state index >= 15 is 0 Å². The zero-order valence-corrected chi connectivity index (χ0v) is 12.7. The molecule has 3 rings (SSSR count). The Hall–Kier alpha value is -0.770. The summed E-state index contributed by atoms with van der Waals surface area (Å²) >= 11 is 3.22. The Balaban J connectivity index is 1.73. The monoisotopic (exact) mass is 326 g/mol. The fraction of sp³-hybridized carbons (Fsp3) is 0.600. The standard InChI is InChI=1S/C15H20BrFN2/c1-8(11-5-9-2-3-10(11)4-9)19-15-6-12(16)13(17)7-14(15)18/h6-11,19H,2-5,18H2,1H3. The summed E-state index contributed by atoms with van der Waals surface area (Å²) < 4.78 is 13.8. The van der Waals surface area contributed by atoms with Crippen LogP contribution in [-0.4, -0.2) is 6.04 Å². The minimum atomic E-state index is -0.310. The van der Waals surface area contributed by atoms with Gasteiger partial charge in [0.05, 0.1) is 15.8 Å². The normalized spacial score (nSPS) is 30.6. The SMILES string of the molecule is CC(Nc1cc(Br)c(F)cc1N)C1CC2CCC1C2. The van der Waals surface area contributed by atoms with Gasteiger partial charge in [0.2, 0.25) is 0 Å². The minimum Gasteiger partial charge on any atom is -0.397 e. The van der Waals surface area contributed by atoms with Gasteiger partial charge in [0, 0.05) is 12.1 Å². The highest BCUT2D eigenvalue weighted by Crippen LogP contribution is 2.50. The molecule has 4 unspecified atom stereocenters. The lowest BCUT2D eigenvalue weighted by Gasteiger charge is -2.29. The van der Waals surface area contributed by atoms with Crippen LogP contribution in [-0.2, 0) is 0 Å². The average molecular weight is 327 g/mol. The van der Waals surface area contributed by atoms with Gasteiger partial charge in [-0.05, 0) is 65.9 Å². The van der Waals surface area contributed by atoms with Crippen LogP contribution in [0.2, 0.25) is 0 Å². The van der Waals surface area contributed by atoms with Crippen LogP contribution in [0, 0.1) is 23.6 Å². The third kappa shape index (κ3) is 2.47. The summed E-state index contributed by atoms with van der Waals surface area (Å²) in [6.07, 6.45) is 5.53. The van der Waals surface area contributed by atoms with E-state index in [9.17, 15) is 4.39 Å². The smallest absolute Gasteiger partial charge is 0.139 e. The number of rotatable bonds is 3. The third-order valence-electron chi connectivity index (χ3n) is 4.91. The lowest BCUT2D eigenvalue weighted by Crippen LogP contribution is -2.30. The van der Waals surface area contributed by atoms with Gasteiger partial charge in [-0.15, -0.1) is 0 Å². The van der Waals surface area contributed by atoms with E-state index < -0.39 is 0 Å². The molecule has 0 spiro atoms. The molecule has 4 atom stereocenters. The molecule has 0 saturated heterocycles. The molecular weight excluding hydrogens is 307 g/mol. The first-order chi connectivity index (χ1) is 9.04. The first-order valence-corrected chi connectivity index (χ1v) is 7.85. The molecule has 3 N–H and O–H groups in total. The van der Waals surface area contributed by atoms with Crippen molar-refractivity contribution in [1.29, 1.82) is 0 Å². The maximum Gasteiger partial charge on any atom is 0.139 e. The molecule has 4 heteroatoms. The van der Waals surface area contributed by atoms with Crippen molar-refractivity contribution in [1.82, 2.24) is 0 Å². The molecule has 0 aromatic heterocycles. The first-order valence-electron chi connectivity index (χ1n) is 7.05. The molecule has 1 aromatic rings. The molecule has 2 bridgehead atoms. The topological polar surface area (TPSA) is 38.0 Å². The van der Waals surface area contributed by atoms with E-state index in [-0.39, 0.29) is 5.82 Å². The van der Waals surface area contributed by atoms with Crippen LogP contribution >= 0.6 is 15.9 Å². The lowest BCUT2D eigenvalue weighted by molar-refractivity contribution is 0.304. The molecule has 0 amide bonds. The van der Waals surface area contributed by atoms with Crippen LogP contribution in [0.4, 0.5) is 15.8 Å². The molecule has 2 aliphatic carbocycles. The summed E-state index contributed by atoms with van der Waals surface area (Å²) in [5.74, 6) is 2.24. The quantitative estimate of drug-likeness (QED) is 0.807. The van der Waals surface area contributed by atoms with Crippen molar-refractivity contribution >= 4 is 27.3 Å². The molecule has 2 saturated carbocycles. The predicted molar refractivity (Wildman–Crippen MR) is 80.5 cm³/mol. The Labute approximate surface area is 122 Å². The lowest BCUT2D eigenvalue weighted by atomic mass is 9.84. The number of fused-ring (bicyclic) bond motifs is 2. The average Bonchev–Trinajstić information content (AvgIpc) is 2.98. The van der Waals surface area contributed by atoms with Crippen molar-refractivity contribution in [3.05, 3.63) is 22.4 Å². The first kappa shape index (κ1) is 13.2. The highest BCUT2D eigenvalue weighted by molar-refractivity contribution is 9.10. The van der Waals surface area contributed by atoms with Crippen LogP contribution in [0.15, 0.2) is 16.6 Å². The van der Waals surface area contributed by atoms with Crippen molar-refractivity contribution in [3.63, 3.8) is 0 Å². The fourth-order valence-electron chi connectivity index (χ4n) is 3.95. The Kier molecular flexibility index (Phi) is 3.46. The zero-order valence-electron chi connectivity index (χ0n) is 11.1. The van der Waals surface area contributed by atoms with E-state index in [2.05, 4.69) is 28.2 Å². The molecule has 0 aliphatic heterocycles. The molecule has 1 aromatic carbocycles. The molecule has 19 heavy (non-hydrogen) atoms. The number of nitrogens with two attached hydrogens (primary N) is 1. The molecule has 0 heterocycles. The minimum absolute atomic E-state index is 0.310. The second-order valence-electron chi connectivity index (χ2n) is 6.13. The summed E-state index contributed by atoms with van der Waals surface area (Å²) in [7, 11) is 0. The number of anilines is 2. The third-order valence-corrected chi connectivity index (χ3v) is 5.52. The predicted octanol–water partition coefficient (Wildman–Crippen LogP) is 4.41. The highest BCUT2D eigenvalue weighted by Gasteiger charge is 2.41. The van der Waals surface area contributed by atoms with E-state index in [1.54, 1.807) is 6.07 Å². The van der Waals surface area contributed by atoms with Gasteiger partial charge in [-0.25, -0.2) is 4.39 Å². The second kappa shape index (κ2) is 4.97. The number of nitrogens with one attached hydrogen (secondary N) is 1. The van der Waals surface area contributed by atoms with Crippen molar-refractivity contribution in [2.24, 2.45) is 17.8 Å². The van der Waals surface area contributed by atoms with E-state index in [1.165, 1.54) is 31.7 Å². The number of benzene rings is 1. The fourth-order valence-corrected chi connectivity index (χ4v) is 4.29. The highest BCUT2D eigenvalue weighted by atomic mass is 79.9. The maximum atomic E-state index is 13.4. The van der Waals surface area contributed by atoms with Gasteiger partial charge < -0.3 is 11.1 Å². The van der Waals surface area contributed by atoms with Crippen LogP contribution < -0.4 is 11.1 Å². The largest absolute Gasteiger partial charge is 0.397 e. The van der Waals surface area contributed by atoms with Gasteiger partial charge >= 0.3 is 0 Å². The Morgan fingerprint density at radius 1 is 1.37 bits per heavy atom. The summed E-state index contributed by atoms with van der Waals surface area (Å²) in [4.78, 5) is 0. The van der Waals surface area contributed by atoms with Gasteiger partial charge in [-0.3, -0.25) is 0 Å². The molecule has 2 aliphatic rings. The molecule has 0 radical (unpaired) electrons. The van der Waals surface area contributed by atoms with Gasteiger partial charge in [-0.2, -0.15) is 0 Å². The zero-order chi connectivity index (χ0) is 13.6. The van der Waals surface area contributed by atoms with Gasteiger partial charge in [0.15, 0.2) is 0 Å². The van der Waals surface area contributed by atoms with Crippen LogP contribution in [0.5, 0.6) is 0 Å². The number of hydrogen-bond donors (Lipinski definition) is 2. The Morgan fingerprint density at radius 2 is 2.16 bits per heavy atom. The van der Waals surface area contributed by atoms with Crippen LogP contribution in [0.1, 0.15) is 32.6 Å². The van der Waals surface area contributed by atoms with Crippen LogP contribution in [0.3, 0.4) is 0 Å². The maximum absolute atomic E-state index is 13.4. The molecule has 104 valence electrons. The van der Waals surface area contributed by atoms with Crippen molar-refractivity contribution < 1.29 is 4.39 Å². The van der Waals surface area contributed by atoms with Gasteiger partial charge in [0.25, 0.3) is 0 Å². The van der Waals surface area contributed by atoms with Gasteiger partial charge in [-0.1, -0.05) is 6.42 Å². The van der Waals surface area contributed by atoms with E-state index in [0.717, 1.165) is 23.4 Å². The van der Waals surface area contributed by atoms with Gasteiger partial charge in [0.1, 0.15) is 5.82 Å². The molecule has 2 nitrogen and oxygen atoms in total. The van der Waals surface area contributed by atoms with Crippen molar-refractivity contribution in [3.8, 4) is 0 Å². The number of halogens is 2. The van der Waals surface area contributed by atoms with Crippen LogP contribution in [0.25, 0.3) is 0 Å². The van der Waals surface area contributed by atoms with E-state index in [0.29, 0.717) is 16.2 Å². The second-order valence-corrected chi connectivity index (χ2v) is 6.98. The number of nitrogen functional groups attached to an aromatic ring is 1. The Bertz CT molecular complexity index is 491. The molecule has 2 fully saturated rings. The molecular formula is C15H20BrFN2. The van der Waals surface area contributed by atoms with Crippen molar-refractivity contribution in [2.75, 3.05) is 11.1 Å². The summed E-state index contributed by atoms with van der Waals surface area (Å²) in [6, 6.07) is 3.52. The Morgan fingerprint density at radius 3 is 2.79 bits per heavy atom. The van der Waals surface area contributed by atoms with E-state index in [1.807, 2.05) is 0 Å². The van der Waals surface area contributed by atoms with E-state index in [4.69, 9.17) is 5.73 Å². The summed E-state index contributed by atoms with van der Waals surface area (Å²) in [5, 5.41) is 3.48. The van der Waals surface area contributed by atoms with Crippen molar-refractivity contribution in [2.45, 2.75) is 38.6 Å². The number of hydrogen-bond acceptors (Lipinski definition) is 2. The summed E-state index contributed by atoms with van der Waals surface area (Å²) in [6.45, 7) is 2.22.